The van der Waals surface area contributed by atoms with Crippen LogP contribution in [0.1, 0.15) is 19.3 Å². The molecule has 3 rings (SSSR count). The van der Waals surface area contributed by atoms with Gasteiger partial charge in [-0.25, -0.2) is 0 Å². The van der Waals surface area contributed by atoms with E-state index in [1.54, 1.807) is 0 Å². The van der Waals surface area contributed by atoms with E-state index < -0.39 is 0 Å². The van der Waals surface area contributed by atoms with Gasteiger partial charge in [-0.3, -0.25) is 4.79 Å². The lowest BCUT2D eigenvalue weighted by Gasteiger charge is -2.27. The zero-order valence-corrected chi connectivity index (χ0v) is 8.32. The van der Waals surface area contributed by atoms with Crippen LogP contribution in [0.4, 0.5) is 0 Å². The summed E-state index contributed by atoms with van der Waals surface area (Å²) in [7, 11) is 0. The molecule has 2 bridgehead atoms. The highest BCUT2D eigenvalue weighted by atomic mass is 16.5. The number of ketones is 1. The van der Waals surface area contributed by atoms with Crippen LogP contribution in [-0.2, 0) is 9.53 Å². The SMILES string of the molecule is O=C(CC1COC1)C1CC2C=CC1C2. The minimum absolute atomic E-state index is 0.352. The van der Waals surface area contributed by atoms with Gasteiger partial charge in [0.25, 0.3) is 0 Å². The van der Waals surface area contributed by atoms with Crippen LogP contribution in [0.5, 0.6) is 0 Å². The Labute approximate surface area is 84.3 Å². The second-order valence-corrected chi connectivity index (χ2v) is 4.96. The maximum absolute atomic E-state index is 11.9. The van der Waals surface area contributed by atoms with Crippen LogP contribution in [-0.4, -0.2) is 19.0 Å². The molecular weight excluding hydrogens is 176 g/mol. The van der Waals surface area contributed by atoms with Crippen molar-refractivity contribution in [2.75, 3.05) is 13.2 Å². The highest BCUT2D eigenvalue weighted by Crippen LogP contribution is 2.44. The van der Waals surface area contributed by atoms with Crippen molar-refractivity contribution >= 4 is 5.78 Å². The summed E-state index contributed by atoms with van der Waals surface area (Å²) in [4.78, 5) is 11.9. The van der Waals surface area contributed by atoms with Crippen molar-refractivity contribution in [2.24, 2.45) is 23.7 Å². The van der Waals surface area contributed by atoms with Crippen molar-refractivity contribution in [1.82, 2.24) is 0 Å². The monoisotopic (exact) mass is 192 g/mol. The quantitative estimate of drug-likeness (QED) is 0.637. The van der Waals surface area contributed by atoms with Gasteiger partial charge in [0.2, 0.25) is 0 Å². The van der Waals surface area contributed by atoms with Crippen LogP contribution in [0, 0.1) is 23.7 Å². The molecule has 3 unspecified atom stereocenters. The van der Waals surface area contributed by atoms with Gasteiger partial charge in [0.1, 0.15) is 5.78 Å². The Hall–Kier alpha value is -0.630. The fraction of sp³-hybridized carbons (Fsp3) is 0.750. The summed E-state index contributed by atoms with van der Waals surface area (Å²) in [5.41, 5.74) is 0. The third-order valence-corrected chi connectivity index (χ3v) is 3.89. The van der Waals surface area contributed by atoms with E-state index in [0.717, 1.165) is 26.1 Å². The summed E-state index contributed by atoms with van der Waals surface area (Å²) >= 11 is 0. The van der Waals surface area contributed by atoms with Crippen LogP contribution in [0.2, 0.25) is 0 Å². The molecule has 1 saturated heterocycles. The van der Waals surface area contributed by atoms with E-state index in [1.807, 2.05) is 0 Å². The summed E-state index contributed by atoms with van der Waals surface area (Å²) in [6.45, 7) is 1.62. The van der Waals surface area contributed by atoms with E-state index in [4.69, 9.17) is 4.74 Å². The minimum atomic E-state index is 0.352. The van der Waals surface area contributed by atoms with Crippen molar-refractivity contribution in [3.63, 3.8) is 0 Å². The van der Waals surface area contributed by atoms with Gasteiger partial charge in [-0.15, -0.1) is 0 Å². The molecule has 1 heterocycles. The highest BCUT2D eigenvalue weighted by molar-refractivity contribution is 5.82. The zero-order chi connectivity index (χ0) is 9.54. The Bertz CT molecular complexity index is 278. The summed E-state index contributed by atoms with van der Waals surface area (Å²) in [6, 6.07) is 0. The topological polar surface area (TPSA) is 26.3 Å². The molecule has 3 atom stereocenters. The molecule has 0 amide bonds. The molecule has 0 aromatic heterocycles. The Morgan fingerprint density at radius 3 is 2.64 bits per heavy atom. The molecule has 0 spiro atoms. The number of rotatable bonds is 3. The average molecular weight is 192 g/mol. The third-order valence-electron chi connectivity index (χ3n) is 3.89. The van der Waals surface area contributed by atoms with Crippen LogP contribution in [0.15, 0.2) is 12.2 Å². The van der Waals surface area contributed by atoms with Crippen LogP contribution in [0.25, 0.3) is 0 Å². The molecule has 1 aliphatic heterocycles. The maximum Gasteiger partial charge on any atom is 0.137 e. The Morgan fingerprint density at radius 2 is 2.14 bits per heavy atom. The molecule has 0 aromatic carbocycles. The molecule has 76 valence electrons. The molecule has 1 saturated carbocycles. The van der Waals surface area contributed by atoms with E-state index in [-0.39, 0.29) is 0 Å². The van der Waals surface area contributed by atoms with Crippen molar-refractivity contribution < 1.29 is 9.53 Å². The molecule has 2 heteroatoms. The Balaban J connectivity index is 1.60. The van der Waals surface area contributed by atoms with Crippen LogP contribution in [0.3, 0.4) is 0 Å². The first-order chi connectivity index (χ1) is 6.83. The van der Waals surface area contributed by atoms with Gasteiger partial charge in [-0.1, -0.05) is 12.2 Å². The number of hydrogen-bond acceptors (Lipinski definition) is 2. The third kappa shape index (κ3) is 1.33. The first kappa shape index (κ1) is 8.66. The maximum atomic E-state index is 11.9. The van der Waals surface area contributed by atoms with E-state index in [0.29, 0.717) is 29.5 Å². The van der Waals surface area contributed by atoms with Crippen molar-refractivity contribution in [3.8, 4) is 0 Å². The molecule has 2 aliphatic carbocycles. The van der Waals surface area contributed by atoms with E-state index in [2.05, 4.69) is 12.2 Å². The Morgan fingerprint density at radius 1 is 1.29 bits per heavy atom. The van der Waals surface area contributed by atoms with Crippen molar-refractivity contribution in [2.45, 2.75) is 19.3 Å². The van der Waals surface area contributed by atoms with E-state index in [1.165, 1.54) is 6.42 Å². The zero-order valence-electron chi connectivity index (χ0n) is 8.32. The fourth-order valence-electron chi connectivity index (χ4n) is 2.99. The van der Waals surface area contributed by atoms with Crippen LogP contribution < -0.4 is 0 Å². The first-order valence-electron chi connectivity index (χ1n) is 5.61. The molecule has 0 N–H and O–H groups in total. The minimum Gasteiger partial charge on any atom is -0.381 e. The molecule has 0 aromatic rings. The molecule has 0 radical (unpaired) electrons. The smallest absolute Gasteiger partial charge is 0.137 e. The fourth-order valence-corrected chi connectivity index (χ4v) is 2.99. The standard InChI is InChI=1S/C12H16O2/c13-12(5-9-6-14-7-9)11-4-8-1-2-10(11)3-8/h1-2,8-11H,3-7H2. The number of carbonyl (C=O) groups excluding carboxylic acids is 1. The number of ether oxygens (including phenoxy) is 1. The number of Topliss-reactive ketones (excluding diaryl/α,β-unsaturated/α-hetero) is 1. The van der Waals surface area contributed by atoms with Gasteiger partial charge in [0, 0.05) is 18.3 Å². The summed E-state index contributed by atoms with van der Waals surface area (Å²) < 4.78 is 5.09. The van der Waals surface area contributed by atoms with E-state index >= 15 is 0 Å². The highest BCUT2D eigenvalue weighted by Gasteiger charge is 2.40. The number of fused-ring (bicyclic) bond motifs is 2. The van der Waals surface area contributed by atoms with E-state index in [9.17, 15) is 4.79 Å². The van der Waals surface area contributed by atoms with Crippen molar-refractivity contribution in [1.29, 1.82) is 0 Å². The van der Waals surface area contributed by atoms with Gasteiger partial charge in [0.15, 0.2) is 0 Å². The predicted molar refractivity (Wildman–Crippen MR) is 52.8 cm³/mol. The number of allylic oxidation sites excluding steroid dienone is 2. The second kappa shape index (κ2) is 3.20. The number of hydrogen-bond donors (Lipinski definition) is 0. The van der Waals surface area contributed by atoms with Crippen LogP contribution >= 0.6 is 0 Å². The van der Waals surface area contributed by atoms with Gasteiger partial charge in [0.05, 0.1) is 13.2 Å². The molecular formula is C12H16O2. The summed E-state index contributed by atoms with van der Waals surface area (Å²) in [5, 5.41) is 0. The predicted octanol–water partition coefficient (Wildman–Crippen LogP) is 1.80. The molecule has 3 aliphatic rings. The van der Waals surface area contributed by atoms with Gasteiger partial charge in [-0.2, -0.15) is 0 Å². The summed E-state index contributed by atoms with van der Waals surface area (Å²) in [5.74, 6) is 2.67. The first-order valence-corrected chi connectivity index (χ1v) is 5.61. The Kier molecular flexibility index (Phi) is 1.98. The van der Waals surface area contributed by atoms with Gasteiger partial charge < -0.3 is 4.74 Å². The average Bonchev–Trinajstić information content (AvgIpc) is 2.71. The van der Waals surface area contributed by atoms with Gasteiger partial charge >= 0.3 is 0 Å². The van der Waals surface area contributed by atoms with Crippen molar-refractivity contribution in [3.05, 3.63) is 12.2 Å². The summed E-state index contributed by atoms with van der Waals surface area (Å²) in [6.07, 6.45) is 7.67. The lowest BCUT2D eigenvalue weighted by Crippen LogP contribution is -2.32. The molecule has 14 heavy (non-hydrogen) atoms. The largest absolute Gasteiger partial charge is 0.381 e. The number of carbonyl (C=O) groups is 1. The normalized spacial score (nSPS) is 40.1. The second-order valence-electron chi connectivity index (χ2n) is 4.96. The lowest BCUT2D eigenvalue weighted by atomic mass is 9.85. The molecule has 2 fully saturated rings. The molecule has 2 nitrogen and oxygen atoms in total. The van der Waals surface area contributed by atoms with Gasteiger partial charge in [-0.05, 0) is 24.7 Å². The lowest BCUT2D eigenvalue weighted by molar-refractivity contribution is -0.129.